The van der Waals surface area contributed by atoms with Crippen molar-refractivity contribution in [1.82, 2.24) is 10.3 Å². The Morgan fingerprint density at radius 1 is 1.12 bits per heavy atom. The summed E-state index contributed by atoms with van der Waals surface area (Å²) in [4.78, 5) is 27.1. The van der Waals surface area contributed by atoms with E-state index in [1.165, 1.54) is 6.92 Å². The van der Waals surface area contributed by atoms with Gasteiger partial charge in [0.05, 0.1) is 18.1 Å². The monoisotopic (exact) mass is 504 g/mol. The molecule has 0 aliphatic carbocycles. The van der Waals surface area contributed by atoms with Crippen LogP contribution in [0.15, 0.2) is 36.4 Å². The molecule has 9 heteroatoms. The van der Waals surface area contributed by atoms with Crippen LogP contribution in [0.2, 0.25) is 5.02 Å². The Balaban J connectivity index is 1.71. The highest BCUT2D eigenvalue weighted by Gasteiger charge is 2.23. The number of ketones is 1. The number of carbonyl (C=O) groups is 2. The molecule has 0 fully saturated rings. The highest BCUT2D eigenvalue weighted by Crippen LogP contribution is 2.27. The Kier molecular flexibility index (Phi) is 8.38. The van der Waals surface area contributed by atoms with Gasteiger partial charge in [-0.05, 0) is 61.6 Å². The van der Waals surface area contributed by atoms with E-state index in [1.807, 2.05) is 50.2 Å². The van der Waals surface area contributed by atoms with Crippen molar-refractivity contribution in [2.24, 2.45) is 0 Å². The summed E-state index contributed by atoms with van der Waals surface area (Å²) in [6, 6.07) is 11.3. The predicted molar refractivity (Wildman–Crippen MR) is 135 cm³/mol. The molecule has 1 heterocycles. The van der Waals surface area contributed by atoms with Crippen LogP contribution in [0.25, 0.3) is 10.9 Å². The van der Waals surface area contributed by atoms with Gasteiger partial charge < -0.3 is 15.0 Å². The standard InChI is InChI=1S/C25H29ClN2O5S/c1-16-13-19(14-17(2)24(16)26)33-11-6-8-21-20-7-4-5-9-22(20)28-25(21)23(30)15-34(31,32)12-10-27-18(3)29/h4-5,7,9,13-14,28H,6,8,10-12,15H2,1-3H3,(H,27,29). The zero-order valence-electron chi connectivity index (χ0n) is 19.5. The minimum Gasteiger partial charge on any atom is -0.494 e. The van der Waals surface area contributed by atoms with Crippen LogP contribution in [0.3, 0.4) is 0 Å². The van der Waals surface area contributed by atoms with Crippen molar-refractivity contribution in [2.75, 3.05) is 24.7 Å². The van der Waals surface area contributed by atoms with Crippen LogP contribution in [0.1, 0.15) is 40.5 Å². The van der Waals surface area contributed by atoms with Gasteiger partial charge in [0.1, 0.15) is 11.5 Å². The number of H-pyrrole nitrogens is 1. The number of para-hydroxylation sites is 1. The van der Waals surface area contributed by atoms with Crippen molar-refractivity contribution in [3.8, 4) is 5.75 Å². The largest absolute Gasteiger partial charge is 0.494 e. The van der Waals surface area contributed by atoms with Crippen LogP contribution in [-0.2, 0) is 21.1 Å². The maximum Gasteiger partial charge on any atom is 0.216 e. The van der Waals surface area contributed by atoms with Gasteiger partial charge in [-0.2, -0.15) is 0 Å². The summed E-state index contributed by atoms with van der Waals surface area (Å²) in [5.74, 6) is -0.974. The maximum atomic E-state index is 13.0. The molecule has 7 nitrogen and oxygen atoms in total. The second kappa shape index (κ2) is 11.1. The van der Waals surface area contributed by atoms with Gasteiger partial charge in [-0.25, -0.2) is 8.42 Å². The average Bonchev–Trinajstić information content (AvgIpc) is 3.13. The molecule has 34 heavy (non-hydrogen) atoms. The summed E-state index contributed by atoms with van der Waals surface area (Å²) in [6.45, 7) is 5.58. The lowest BCUT2D eigenvalue weighted by Crippen LogP contribution is -2.29. The minimum absolute atomic E-state index is 0.0223. The Morgan fingerprint density at radius 2 is 1.79 bits per heavy atom. The Morgan fingerprint density at radius 3 is 2.47 bits per heavy atom. The van der Waals surface area contributed by atoms with E-state index >= 15 is 0 Å². The summed E-state index contributed by atoms with van der Waals surface area (Å²) in [6.07, 6.45) is 1.18. The van der Waals surface area contributed by atoms with Crippen molar-refractivity contribution in [1.29, 1.82) is 0 Å². The van der Waals surface area contributed by atoms with Crippen LogP contribution in [0.5, 0.6) is 5.75 Å². The molecular weight excluding hydrogens is 476 g/mol. The molecule has 1 amide bonds. The third-order valence-corrected chi connectivity index (χ3v) is 7.60. The summed E-state index contributed by atoms with van der Waals surface area (Å²) >= 11 is 6.22. The average molecular weight is 505 g/mol. The van der Waals surface area contributed by atoms with Crippen LogP contribution >= 0.6 is 11.6 Å². The summed E-state index contributed by atoms with van der Waals surface area (Å²) in [5, 5.41) is 4.06. The van der Waals surface area contributed by atoms with Crippen LogP contribution in [-0.4, -0.2) is 49.7 Å². The number of halogens is 1. The summed E-state index contributed by atoms with van der Waals surface area (Å²) in [7, 11) is -3.67. The number of benzene rings is 2. The van der Waals surface area contributed by atoms with E-state index in [-0.39, 0.29) is 18.2 Å². The third-order valence-electron chi connectivity index (χ3n) is 5.48. The van der Waals surface area contributed by atoms with E-state index < -0.39 is 21.4 Å². The molecular formula is C25H29ClN2O5S. The number of amides is 1. The number of nitrogens with one attached hydrogen (secondary N) is 2. The molecule has 1 aromatic heterocycles. The van der Waals surface area contributed by atoms with E-state index in [2.05, 4.69) is 10.3 Å². The number of carbonyl (C=O) groups excluding carboxylic acids is 2. The number of fused-ring (bicyclic) bond motifs is 1. The molecule has 2 aromatic carbocycles. The number of Topliss-reactive ketones (excluding diaryl/α,β-unsaturated/α-hetero) is 1. The molecule has 0 radical (unpaired) electrons. The Bertz CT molecular complexity index is 1290. The fourth-order valence-electron chi connectivity index (χ4n) is 3.85. The predicted octanol–water partition coefficient (Wildman–Crippen LogP) is 4.18. The molecule has 0 bridgehead atoms. The molecule has 0 saturated heterocycles. The lowest BCUT2D eigenvalue weighted by atomic mass is 10.0. The SMILES string of the molecule is CC(=O)NCCS(=O)(=O)CC(=O)c1[nH]c2ccccc2c1CCCOc1cc(C)c(Cl)c(C)c1. The van der Waals surface area contributed by atoms with E-state index in [1.54, 1.807) is 0 Å². The van der Waals surface area contributed by atoms with E-state index in [9.17, 15) is 18.0 Å². The first-order chi connectivity index (χ1) is 16.1. The number of aromatic amines is 1. The van der Waals surface area contributed by atoms with Crippen molar-refractivity contribution in [3.05, 3.63) is 63.8 Å². The second-order valence-corrected chi connectivity index (χ2v) is 10.9. The fourth-order valence-corrected chi connectivity index (χ4v) is 5.06. The van der Waals surface area contributed by atoms with Crippen molar-refractivity contribution < 1.29 is 22.7 Å². The van der Waals surface area contributed by atoms with Crippen LogP contribution in [0.4, 0.5) is 0 Å². The van der Waals surface area contributed by atoms with Gasteiger partial charge in [0.2, 0.25) is 5.91 Å². The van der Waals surface area contributed by atoms with E-state index in [4.69, 9.17) is 16.3 Å². The quantitative estimate of drug-likeness (QED) is 0.301. The van der Waals surface area contributed by atoms with Gasteiger partial charge in [0.25, 0.3) is 0 Å². The maximum absolute atomic E-state index is 13.0. The smallest absolute Gasteiger partial charge is 0.216 e. The highest BCUT2D eigenvalue weighted by atomic mass is 35.5. The highest BCUT2D eigenvalue weighted by molar-refractivity contribution is 7.92. The molecule has 0 spiro atoms. The molecule has 2 N–H and O–H groups in total. The lowest BCUT2D eigenvalue weighted by Gasteiger charge is -2.10. The van der Waals surface area contributed by atoms with Gasteiger partial charge in [-0.3, -0.25) is 9.59 Å². The Hall–Kier alpha value is -2.84. The van der Waals surface area contributed by atoms with Gasteiger partial charge >= 0.3 is 0 Å². The molecule has 3 aromatic rings. The molecule has 3 rings (SSSR count). The van der Waals surface area contributed by atoms with Gasteiger partial charge in [-0.15, -0.1) is 0 Å². The molecule has 0 unspecified atom stereocenters. The first-order valence-electron chi connectivity index (χ1n) is 11.0. The molecule has 0 aliphatic rings. The number of ether oxygens (including phenoxy) is 1. The number of aromatic nitrogens is 1. The van der Waals surface area contributed by atoms with E-state index in [0.29, 0.717) is 25.1 Å². The van der Waals surface area contributed by atoms with Gasteiger partial charge in [-0.1, -0.05) is 29.8 Å². The normalized spacial score (nSPS) is 11.5. The fraction of sp³-hybridized carbons (Fsp3) is 0.360. The third kappa shape index (κ3) is 6.61. The zero-order chi connectivity index (χ0) is 24.9. The summed E-state index contributed by atoms with van der Waals surface area (Å²) < 4.78 is 30.7. The second-order valence-electron chi connectivity index (χ2n) is 8.35. The van der Waals surface area contributed by atoms with E-state index in [0.717, 1.165) is 38.4 Å². The number of sulfone groups is 1. The van der Waals surface area contributed by atoms with Crippen molar-refractivity contribution in [3.63, 3.8) is 0 Å². The van der Waals surface area contributed by atoms with Gasteiger partial charge in [0.15, 0.2) is 15.6 Å². The minimum atomic E-state index is -3.67. The van der Waals surface area contributed by atoms with Crippen LogP contribution < -0.4 is 10.1 Å². The summed E-state index contributed by atoms with van der Waals surface area (Å²) in [5.41, 5.74) is 3.76. The number of rotatable bonds is 11. The molecule has 0 saturated carbocycles. The first-order valence-corrected chi connectivity index (χ1v) is 13.2. The molecule has 182 valence electrons. The lowest BCUT2D eigenvalue weighted by molar-refractivity contribution is -0.118. The Labute approximate surface area is 204 Å². The van der Waals surface area contributed by atoms with Crippen molar-refractivity contribution in [2.45, 2.75) is 33.6 Å². The number of hydrogen-bond acceptors (Lipinski definition) is 5. The first kappa shape index (κ1) is 25.8. The zero-order valence-corrected chi connectivity index (χ0v) is 21.1. The molecule has 0 atom stereocenters. The van der Waals surface area contributed by atoms with Crippen LogP contribution in [0, 0.1) is 13.8 Å². The number of aryl methyl sites for hydroxylation is 3. The topological polar surface area (TPSA) is 105 Å². The van der Waals surface area contributed by atoms with Crippen molar-refractivity contribution >= 4 is 44.0 Å². The van der Waals surface area contributed by atoms with Gasteiger partial charge in [0, 0.05) is 29.4 Å². The molecule has 0 aliphatic heterocycles. The number of hydrogen-bond donors (Lipinski definition) is 2.